The number of hydrogen-bond donors (Lipinski definition) is 1. The van der Waals surface area contributed by atoms with Crippen molar-refractivity contribution in [2.24, 2.45) is 0 Å². The van der Waals surface area contributed by atoms with Gasteiger partial charge < -0.3 is 9.40 Å². The van der Waals surface area contributed by atoms with Crippen LogP contribution in [-0.4, -0.2) is 10.8 Å². The fraction of sp³-hybridized carbons (Fsp3) is 0. The number of rotatable bonds is 3. The van der Waals surface area contributed by atoms with Gasteiger partial charge in [0.15, 0.2) is 5.76 Å². The molecule has 7 heteroatoms. The average molecular weight is 366 g/mol. The number of furan rings is 1. The quantitative estimate of drug-likeness (QED) is 0.725. The Balaban J connectivity index is 2.05. The normalized spacial score (nSPS) is 12.8. The Kier molecular flexibility index (Phi) is 4.52. The molecular formula is C16H9Cl2NO3S. The number of carbonyl (C=O) groups excluding carboxylic acids is 1. The van der Waals surface area contributed by atoms with Crippen LogP contribution in [0, 0.1) is 0 Å². The van der Waals surface area contributed by atoms with Gasteiger partial charge in [0.05, 0.1) is 25.5 Å². The minimum Gasteiger partial charge on any atom is -0.461 e. The van der Waals surface area contributed by atoms with Gasteiger partial charge in [-0.3, -0.25) is 9.59 Å². The lowest BCUT2D eigenvalue weighted by Gasteiger charge is -1.98. The van der Waals surface area contributed by atoms with Crippen LogP contribution < -0.4 is 14.8 Å². The van der Waals surface area contributed by atoms with Crippen LogP contribution in [0.3, 0.4) is 0 Å². The van der Waals surface area contributed by atoms with Gasteiger partial charge in [-0.1, -0.05) is 35.3 Å². The molecule has 1 N–H and O–H groups in total. The number of carbonyl (C=O) groups is 1. The zero-order valence-electron chi connectivity index (χ0n) is 11.5. The van der Waals surface area contributed by atoms with E-state index in [-0.39, 0.29) is 17.1 Å². The number of thiazole rings is 1. The molecule has 1 aromatic carbocycles. The van der Waals surface area contributed by atoms with Gasteiger partial charge in [-0.05, 0) is 29.8 Å². The van der Waals surface area contributed by atoms with Crippen molar-refractivity contribution >= 4 is 52.5 Å². The molecule has 0 spiro atoms. The number of aromatic amines is 1. The van der Waals surface area contributed by atoms with Gasteiger partial charge in [0.1, 0.15) is 0 Å². The number of nitrogens with one attached hydrogen (secondary N) is 1. The predicted molar refractivity (Wildman–Crippen MR) is 91.7 cm³/mol. The molecule has 3 rings (SSSR count). The summed E-state index contributed by atoms with van der Waals surface area (Å²) in [6.07, 6.45) is 4.37. The van der Waals surface area contributed by atoms with Crippen LogP contribution in [0.1, 0.15) is 16.1 Å². The molecular weight excluding hydrogens is 357 g/mol. The summed E-state index contributed by atoms with van der Waals surface area (Å²) < 4.78 is 5.88. The standard InChI is InChI=1S/C16H9Cl2NO3S/c17-10-4-1-3-9(15(10)18)7-13-16(21)19-14(23-13)8-11(20)12-5-2-6-22-12/h1-8H,(H,19,21)/b13-7-,14-8-. The molecule has 2 aromatic heterocycles. The summed E-state index contributed by atoms with van der Waals surface area (Å²) in [5, 5.41) is 0.785. The van der Waals surface area contributed by atoms with Crippen molar-refractivity contribution in [2.45, 2.75) is 0 Å². The molecule has 2 heterocycles. The average Bonchev–Trinajstić information content (AvgIpc) is 3.15. The molecule has 0 aliphatic rings. The van der Waals surface area contributed by atoms with E-state index in [2.05, 4.69) is 4.98 Å². The van der Waals surface area contributed by atoms with E-state index in [0.29, 0.717) is 24.8 Å². The van der Waals surface area contributed by atoms with Gasteiger partial charge in [-0.15, -0.1) is 11.3 Å². The second-order valence-corrected chi connectivity index (χ2v) is 6.43. The van der Waals surface area contributed by atoms with E-state index in [1.807, 2.05) is 0 Å². The highest BCUT2D eigenvalue weighted by Gasteiger charge is 2.06. The highest BCUT2D eigenvalue weighted by molar-refractivity contribution is 7.07. The first-order valence-electron chi connectivity index (χ1n) is 6.49. The zero-order chi connectivity index (χ0) is 16.4. The van der Waals surface area contributed by atoms with Crippen molar-refractivity contribution in [3.63, 3.8) is 0 Å². The van der Waals surface area contributed by atoms with Gasteiger partial charge in [0, 0.05) is 6.08 Å². The van der Waals surface area contributed by atoms with Crippen molar-refractivity contribution in [1.82, 2.24) is 4.98 Å². The smallest absolute Gasteiger partial charge is 0.266 e. The molecule has 0 atom stereocenters. The van der Waals surface area contributed by atoms with Crippen LogP contribution >= 0.6 is 34.5 Å². The topological polar surface area (TPSA) is 63.1 Å². The molecule has 0 unspecified atom stereocenters. The van der Waals surface area contributed by atoms with Crippen LogP contribution in [0.4, 0.5) is 0 Å². The summed E-state index contributed by atoms with van der Waals surface area (Å²) in [6.45, 7) is 0. The molecule has 0 aliphatic carbocycles. The maximum atomic E-state index is 12.0. The molecule has 4 nitrogen and oxygen atoms in total. The molecule has 0 fully saturated rings. The number of Topliss-reactive ketones (excluding diaryl/α,β-unsaturated/α-hetero) is 1. The number of ketones is 1. The number of benzene rings is 1. The van der Waals surface area contributed by atoms with Gasteiger partial charge in [0.2, 0.25) is 5.78 Å². The molecule has 0 aliphatic heterocycles. The second kappa shape index (κ2) is 6.58. The largest absolute Gasteiger partial charge is 0.461 e. The monoisotopic (exact) mass is 365 g/mol. The summed E-state index contributed by atoms with van der Waals surface area (Å²) in [7, 11) is 0. The molecule has 0 bridgehead atoms. The minimum absolute atomic E-state index is 0.211. The third kappa shape index (κ3) is 3.47. The van der Waals surface area contributed by atoms with E-state index in [0.717, 1.165) is 11.3 Å². The Labute approximate surface area is 144 Å². The summed E-state index contributed by atoms with van der Waals surface area (Å²) in [6, 6.07) is 8.35. The maximum Gasteiger partial charge on any atom is 0.266 e. The van der Waals surface area contributed by atoms with Gasteiger partial charge >= 0.3 is 0 Å². The Morgan fingerprint density at radius 2 is 2.04 bits per heavy atom. The molecule has 23 heavy (non-hydrogen) atoms. The number of hydrogen-bond acceptors (Lipinski definition) is 4. The fourth-order valence-corrected chi connectivity index (χ4v) is 3.15. The molecule has 116 valence electrons. The fourth-order valence-electron chi connectivity index (χ4n) is 1.91. The Morgan fingerprint density at radius 1 is 1.22 bits per heavy atom. The third-order valence-corrected chi connectivity index (χ3v) is 4.77. The number of H-pyrrole nitrogens is 1. The van der Waals surface area contributed by atoms with E-state index in [1.54, 1.807) is 36.4 Å². The van der Waals surface area contributed by atoms with Gasteiger partial charge in [-0.25, -0.2) is 0 Å². The lowest BCUT2D eigenvalue weighted by Crippen LogP contribution is -2.20. The van der Waals surface area contributed by atoms with E-state index in [1.165, 1.54) is 12.3 Å². The van der Waals surface area contributed by atoms with E-state index >= 15 is 0 Å². The third-order valence-electron chi connectivity index (χ3n) is 2.97. The molecule has 0 radical (unpaired) electrons. The van der Waals surface area contributed by atoms with Crippen LogP contribution in [0.5, 0.6) is 0 Å². The van der Waals surface area contributed by atoms with Crippen LogP contribution in [0.25, 0.3) is 12.2 Å². The summed E-state index contributed by atoms with van der Waals surface area (Å²) in [5.74, 6) is -0.109. The Morgan fingerprint density at radius 3 is 2.78 bits per heavy atom. The maximum absolute atomic E-state index is 12.0. The zero-order valence-corrected chi connectivity index (χ0v) is 13.8. The van der Waals surface area contributed by atoms with Crippen molar-refractivity contribution in [1.29, 1.82) is 0 Å². The Bertz CT molecular complexity index is 1030. The molecule has 0 saturated heterocycles. The molecule has 0 saturated carbocycles. The Hall–Kier alpha value is -2.08. The predicted octanol–water partition coefficient (Wildman–Crippen LogP) is 2.83. The highest BCUT2D eigenvalue weighted by atomic mass is 35.5. The van der Waals surface area contributed by atoms with Crippen molar-refractivity contribution in [2.75, 3.05) is 0 Å². The first kappa shape index (κ1) is 15.8. The van der Waals surface area contributed by atoms with Crippen LogP contribution in [-0.2, 0) is 0 Å². The first-order valence-corrected chi connectivity index (χ1v) is 8.06. The summed E-state index contributed by atoms with van der Waals surface area (Å²) in [4.78, 5) is 26.6. The van der Waals surface area contributed by atoms with Crippen LogP contribution in [0.15, 0.2) is 45.8 Å². The number of aromatic nitrogens is 1. The van der Waals surface area contributed by atoms with E-state index in [9.17, 15) is 9.59 Å². The second-order valence-electron chi connectivity index (χ2n) is 4.56. The summed E-state index contributed by atoms with van der Waals surface area (Å²) >= 11 is 13.2. The highest BCUT2D eigenvalue weighted by Crippen LogP contribution is 2.25. The molecule has 0 amide bonds. The van der Waals surface area contributed by atoms with Gasteiger partial charge in [-0.2, -0.15) is 0 Å². The van der Waals surface area contributed by atoms with Gasteiger partial charge in [0.25, 0.3) is 5.56 Å². The van der Waals surface area contributed by atoms with E-state index in [4.69, 9.17) is 27.6 Å². The van der Waals surface area contributed by atoms with Crippen molar-refractivity contribution in [3.05, 3.63) is 77.5 Å². The lowest BCUT2D eigenvalue weighted by atomic mass is 10.2. The number of halogens is 2. The summed E-state index contributed by atoms with van der Waals surface area (Å²) in [5.41, 5.74) is 0.333. The molecule has 3 aromatic rings. The lowest BCUT2D eigenvalue weighted by molar-refractivity contribution is 0.103. The SMILES string of the molecule is O=C(/C=c1/[nH]c(=O)/c(=C/c2cccc(Cl)c2Cl)s1)c1ccco1. The van der Waals surface area contributed by atoms with Crippen molar-refractivity contribution < 1.29 is 9.21 Å². The minimum atomic E-state index is -0.320. The first-order chi connectivity index (χ1) is 11.0. The van der Waals surface area contributed by atoms with E-state index < -0.39 is 0 Å². The van der Waals surface area contributed by atoms with Crippen molar-refractivity contribution in [3.8, 4) is 0 Å². The van der Waals surface area contributed by atoms with Crippen LogP contribution in [0.2, 0.25) is 10.0 Å².